The number of amides is 1. The first-order valence-corrected chi connectivity index (χ1v) is 6.98. The second-order valence-corrected chi connectivity index (χ2v) is 5.17. The molecule has 5 nitrogen and oxygen atoms in total. The lowest BCUT2D eigenvalue weighted by atomic mass is 10.2. The largest absolute Gasteiger partial charge is 0.416 e. The summed E-state index contributed by atoms with van der Waals surface area (Å²) in [6, 6.07) is 5.88. The molecule has 0 unspecified atom stereocenters. The predicted molar refractivity (Wildman–Crippen MR) is 75.7 cm³/mol. The molecule has 1 aromatic heterocycles. The van der Waals surface area contributed by atoms with Crippen molar-refractivity contribution in [3.63, 3.8) is 0 Å². The van der Waals surface area contributed by atoms with E-state index in [4.69, 9.17) is 0 Å². The molecule has 1 aromatic carbocycles. The van der Waals surface area contributed by atoms with Gasteiger partial charge in [-0.15, -0.1) is 0 Å². The molecular weight excluding hydrogens is 319 g/mol. The van der Waals surface area contributed by atoms with E-state index in [2.05, 4.69) is 15.3 Å². The summed E-state index contributed by atoms with van der Waals surface area (Å²) in [5.74, 6) is -0.544. The Morgan fingerprint density at radius 3 is 2.77 bits per heavy atom. The van der Waals surface area contributed by atoms with Crippen LogP contribution in [0.3, 0.4) is 0 Å². The maximum atomic E-state index is 12.6. The van der Waals surface area contributed by atoms with E-state index in [1.54, 1.807) is 0 Å². The van der Waals surface area contributed by atoms with Crippen LogP contribution in [0, 0.1) is 0 Å². The van der Waals surface area contributed by atoms with Crippen molar-refractivity contribution in [1.29, 1.82) is 0 Å². The Labute approximate surface area is 127 Å². The molecule has 2 rings (SSSR count). The van der Waals surface area contributed by atoms with Crippen LogP contribution in [0.1, 0.15) is 5.56 Å². The lowest BCUT2D eigenvalue weighted by molar-refractivity contribution is -0.137. The summed E-state index contributed by atoms with van der Waals surface area (Å²) in [6.45, 7) is 0. The third-order valence-electron chi connectivity index (χ3n) is 2.48. The van der Waals surface area contributed by atoms with Crippen LogP contribution in [0.15, 0.2) is 46.3 Å². The minimum absolute atomic E-state index is 0.0589. The van der Waals surface area contributed by atoms with E-state index in [9.17, 15) is 22.8 Å². The van der Waals surface area contributed by atoms with Crippen LogP contribution in [0.25, 0.3) is 0 Å². The van der Waals surface area contributed by atoms with Gasteiger partial charge in [0.05, 0.1) is 16.3 Å². The van der Waals surface area contributed by atoms with Gasteiger partial charge in [-0.2, -0.15) is 13.2 Å². The molecule has 1 heterocycles. The smallest absolute Gasteiger partial charge is 0.325 e. The highest BCUT2D eigenvalue weighted by Crippen LogP contribution is 2.30. The first-order valence-electron chi connectivity index (χ1n) is 6.00. The number of alkyl halides is 3. The van der Waals surface area contributed by atoms with Crippen molar-refractivity contribution < 1.29 is 18.0 Å². The number of rotatable bonds is 4. The number of carbonyl (C=O) groups excluding carboxylic acids is 1. The third kappa shape index (κ3) is 4.62. The molecule has 2 N–H and O–H groups in total. The van der Waals surface area contributed by atoms with Crippen molar-refractivity contribution in [1.82, 2.24) is 9.97 Å². The number of hydrogen-bond donors (Lipinski definition) is 2. The van der Waals surface area contributed by atoms with Crippen LogP contribution >= 0.6 is 11.8 Å². The maximum absolute atomic E-state index is 12.6. The average molecular weight is 329 g/mol. The molecule has 0 saturated carbocycles. The summed E-state index contributed by atoms with van der Waals surface area (Å²) in [4.78, 5) is 28.5. The zero-order valence-corrected chi connectivity index (χ0v) is 11.8. The van der Waals surface area contributed by atoms with Gasteiger partial charge < -0.3 is 10.3 Å². The molecule has 1 amide bonds. The van der Waals surface area contributed by atoms with E-state index >= 15 is 0 Å². The maximum Gasteiger partial charge on any atom is 0.416 e. The van der Waals surface area contributed by atoms with Gasteiger partial charge in [0.1, 0.15) is 0 Å². The van der Waals surface area contributed by atoms with Crippen molar-refractivity contribution in [3.05, 3.63) is 52.6 Å². The van der Waals surface area contributed by atoms with Gasteiger partial charge >= 0.3 is 11.9 Å². The first kappa shape index (κ1) is 16.1. The molecule has 0 saturated heterocycles. The lowest BCUT2D eigenvalue weighted by Crippen LogP contribution is -2.16. The highest BCUT2D eigenvalue weighted by Gasteiger charge is 2.30. The number of anilines is 1. The van der Waals surface area contributed by atoms with Gasteiger partial charge in [0.15, 0.2) is 0 Å². The molecule has 0 aliphatic carbocycles. The fourth-order valence-corrected chi connectivity index (χ4v) is 2.23. The first-order chi connectivity index (χ1) is 10.3. The van der Waals surface area contributed by atoms with Crippen LogP contribution in [0.4, 0.5) is 18.9 Å². The van der Waals surface area contributed by atoms with Crippen LogP contribution in [0.5, 0.6) is 0 Å². The van der Waals surface area contributed by atoms with Crippen molar-refractivity contribution in [2.75, 3.05) is 11.1 Å². The Hall–Kier alpha value is -2.29. The Kier molecular flexibility index (Phi) is 4.86. The quantitative estimate of drug-likeness (QED) is 0.668. The van der Waals surface area contributed by atoms with Crippen LogP contribution in [-0.2, 0) is 11.0 Å². The van der Waals surface area contributed by atoms with Crippen molar-refractivity contribution in [2.45, 2.75) is 11.2 Å². The fraction of sp³-hybridized carbons (Fsp3) is 0.154. The minimum Gasteiger partial charge on any atom is -0.325 e. The average Bonchev–Trinajstić information content (AvgIpc) is 2.45. The number of hydrogen-bond acceptors (Lipinski definition) is 4. The second-order valence-electron chi connectivity index (χ2n) is 4.15. The Bertz CT molecular complexity index is 731. The van der Waals surface area contributed by atoms with Gasteiger partial charge in [0.25, 0.3) is 0 Å². The number of aromatic nitrogens is 2. The summed E-state index contributed by atoms with van der Waals surface area (Å²) in [5, 5.41) is 2.82. The van der Waals surface area contributed by atoms with Gasteiger partial charge in [-0.1, -0.05) is 17.8 Å². The highest BCUT2D eigenvalue weighted by atomic mass is 32.2. The molecule has 0 radical (unpaired) electrons. The molecule has 2 aromatic rings. The fourth-order valence-electron chi connectivity index (χ4n) is 1.55. The van der Waals surface area contributed by atoms with E-state index in [0.717, 1.165) is 23.9 Å². The summed E-state index contributed by atoms with van der Waals surface area (Å²) < 4.78 is 37.7. The van der Waals surface area contributed by atoms with Gasteiger partial charge in [0, 0.05) is 11.9 Å². The molecule has 0 atom stereocenters. The van der Waals surface area contributed by atoms with Crippen LogP contribution < -0.4 is 11.0 Å². The molecule has 0 spiro atoms. The molecule has 9 heteroatoms. The summed E-state index contributed by atoms with van der Waals surface area (Å²) in [7, 11) is 0. The number of nitrogens with zero attached hydrogens (tertiary/aromatic N) is 1. The van der Waals surface area contributed by atoms with Crippen LogP contribution in [-0.4, -0.2) is 21.6 Å². The minimum atomic E-state index is -4.47. The Morgan fingerprint density at radius 1 is 1.32 bits per heavy atom. The van der Waals surface area contributed by atoms with Gasteiger partial charge in [-0.05, 0) is 24.3 Å². The topological polar surface area (TPSA) is 74.8 Å². The number of carbonyl (C=O) groups is 1. The van der Waals surface area contributed by atoms with E-state index in [1.165, 1.54) is 24.4 Å². The van der Waals surface area contributed by atoms with Crippen molar-refractivity contribution in [2.24, 2.45) is 0 Å². The molecule has 0 bridgehead atoms. The zero-order valence-electron chi connectivity index (χ0n) is 11.0. The number of aromatic amines is 1. The van der Waals surface area contributed by atoms with Crippen molar-refractivity contribution >= 4 is 23.4 Å². The van der Waals surface area contributed by atoms with E-state index in [1.807, 2.05) is 0 Å². The number of benzene rings is 1. The summed E-state index contributed by atoms with van der Waals surface area (Å²) in [5.41, 5.74) is -1.32. The van der Waals surface area contributed by atoms with Crippen molar-refractivity contribution in [3.8, 4) is 0 Å². The van der Waals surface area contributed by atoms with Gasteiger partial charge in [0.2, 0.25) is 5.91 Å². The summed E-state index contributed by atoms with van der Waals surface area (Å²) in [6.07, 6.45) is -3.17. The lowest BCUT2D eigenvalue weighted by Gasteiger charge is -2.09. The number of thioether (sulfide) groups is 1. The molecule has 22 heavy (non-hydrogen) atoms. The molecule has 0 aliphatic rings. The molecular formula is C13H10F3N3O2S. The normalized spacial score (nSPS) is 11.2. The summed E-state index contributed by atoms with van der Waals surface area (Å²) >= 11 is 1.04. The van der Waals surface area contributed by atoms with E-state index < -0.39 is 23.3 Å². The number of nitrogens with one attached hydrogen (secondary N) is 2. The third-order valence-corrected chi connectivity index (χ3v) is 3.44. The van der Waals surface area contributed by atoms with E-state index in [0.29, 0.717) is 5.03 Å². The van der Waals surface area contributed by atoms with E-state index in [-0.39, 0.29) is 11.4 Å². The molecule has 0 aliphatic heterocycles. The van der Waals surface area contributed by atoms with Gasteiger partial charge in [-0.25, -0.2) is 9.78 Å². The molecule has 0 fully saturated rings. The second kappa shape index (κ2) is 6.65. The number of H-pyrrole nitrogens is 1. The Morgan fingerprint density at radius 2 is 2.09 bits per heavy atom. The SMILES string of the molecule is O=C(CSc1ccnc(=O)[nH]1)Nc1cccc(C(F)(F)F)c1. The monoisotopic (exact) mass is 329 g/mol. The zero-order chi connectivity index (χ0) is 16.2. The number of halogens is 3. The van der Waals surface area contributed by atoms with Gasteiger partial charge in [-0.3, -0.25) is 4.79 Å². The molecule has 116 valence electrons. The van der Waals surface area contributed by atoms with Crippen LogP contribution in [0.2, 0.25) is 0 Å². The standard InChI is InChI=1S/C13H10F3N3O2S/c14-13(15,16)8-2-1-3-9(6-8)18-10(20)7-22-11-4-5-17-12(21)19-11/h1-6H,7H2,(H,18,20)(H,17,19,21). The highest BCUT2D eigenvalue weighted by molar-refractivity contribution is 7.99. The predicted octanol–water partition coefficient (Wildman–Crippen LogP) is 2.52. The Balaban J connectivity index is 1.96.